The van der Waals surface area contributed by atoms with Crippen LogP contribution in [0.4, 0.5) is 5.00 Å². The fraction of sp³-hybridized carbons (Fsp3) is 0.211. The highest BCUT2D eigenvalue weighted by Gasteiger charge is 2.26. The third-order valence-electron chi connectivity index (χ3n) is 4.47. The van der Waals surface area contributed by atoms with Gasteiger partial charge in [-0.2, -0.15) is 0 Å². The molecule has 3 aromatic rings. The largest absolute Gasteiger partial charge is 0.451 e. The van der Waals surface area contributed by atoms with Crippen LogP contribution in [0.2, 0.25) is 0 Å². The van der Waals surface area contributed by atoms with Gasteiger partial charge in [0, 0.05) is 17.3 Å². The van der Waals surface area contributed by atoms with E-state index in [-0.39, 0.29) is 0 Å². The summed E-state index contributed by atoms with van der Waals surface area (Å²) in [4.78, 5) is 37.9. The number of primary amides is 1. The SMILES string of the molecule is NC(=O)c1c(NC(=O)COC(=O)c2sccc2-n2cccc2)sc2c1CCC2. The highest BCUT2D eigenvalue weighted by molar-refractivity contribution is 7.17. The van der Waals surface area contributed by atoms with E-state index in [2.05, 4.69) is 5.32 Å². The Morgan fingerprint density at radius 3 is 2.75 bits per heavy atom. The molecule has 0 atom stereocenters. The Morgan fingerprint density at radius 2 is 2.00 bits per heavy atom. The van der Waals surface area contributed by atoms with Gasteiger partial charge in [0.15, 0.2) is 6.61 Å². The Labute approximate surface area is 168 Å². The summed E-state index contributed by atoms with van der Waals surface area (Å²) in [6.07, 6.45) is 6.30. The molecule has 0 spiro atoms. The van der Waals surface area contributed by atoms with Crippen molar-refractivity contribution < 1.29 is 19.1 Å². The summed E-state index contributed by atoms with van der Waals surface area (Å²) in [6, 6.07) is 5.53. The minimum Gasteiger partial charge on any atom is -0.451 e. The highest BCUT2D eigenvalue weighted by Crippen LogP contribution is 2.38. The lowest BCUT2D eigenvalue weighted by atomic mass is 10.1. The first-order valence-corrected chi connectivity index (χ1v) is 10.4. The molecule has 0 unspecified atom stereocenters. The van der Waals surface area contributed by atoms with Gasteiger partial charge in [0.1, 0.15) is 9.88 Å². The molecule has 0 saturated carbocycles. The van der Waals surface area contributed by atoms with Crippen LogP contribution in [0.1, 0.15) is 36.9 Å². The van der Waals surface area contributed by atoms with Gasteiger partial charge in [0.2, 0.25) is 0 Å². The maximum atomic E-state index is 12.4. The monoisotopic (exact) mass is 415 g/mol. The van der Waals surface area contributed by atoms with Gasteiger partial charge in [0.25, 0.3) is 11.8 Å². The minimum atomic E-state index is -0.572. The van der Waals surface area contributed by atoms with Crippen molar-refractivity contribution in [1.29, 1.82) is 0 Å². The van der Waals surface area contributed by atoms with E-state index in [4.69, 9.17) is 10.5 Å². The fourth-order valence-electron chi connectivity index (χ4n) is 3.27. The number of esters is 1. The summed E-state index contributed by atoms with van der Waals surface area (Å²) in [7, 11) is 0. The Bertz CT molecular complexity index is 1050. The van der Waals surface area contributed by atoms with E-state index < -0.39 is 24.4 Å². The molecule has 0 aliphatic heterocycles. The fourth-order valence-corrected chi connectivity index (χ4v) is 5.36. The maximum Gasteiger partial charge on any atom is 0.350 e. The molecule has 28 heavy (non-hydrogen) atoms. The van der Waals surface area contributed by atoms with Gasteiger partial charge < -0.3 is 20.4 Å². The first-order chi connectivity index (χ1) is 13.5. The summed E-state index contributed by atoms with van der Waals surface area (Å²) in [5, 5.41) is 4.89. The lowest BCUT2D eigenvalue weighted by Crippen LogP contribution is -2.22. The second kappa shape index (κ2) is 7.61. The number of nitrogens with one attached hydrogen (secondary N) is 1. The van der Waals surface area contributed by atoms with Gasteiger partial charge in [-0.1, -0.05) is 0 Å². The van der Waals surface area contributed by atoms with E-state index in [1.54, 1.807) is 9.95 Å². The summed E-state index contributed by atoms with van der Waals surface area (Å²) in [5.74, 6) is -1.63. The van der Waals surface area contributed by atoms with Crippen LogP contribution >= 0.6 is 22.7 Å². The zero-order chi connectivity index (χ0) is 19.7. The number of fused-ring (bicyclic) bond motifs is 1. The van der Waals surface area contributed by atoms with Crippen LogP contribution in [-0.4, -0.2) is 29.0 Å². The number of nitrogens with zero attached hydrogens (tertiary/aromatic N) is 1. The quantitative estimate of drug-likeness (QED) is 0.604. The van der Waals surface area contributed by atoms with E-state index >= 15 is 0 Å². The maximum absolute atomic E-state index is 12.4. The van der Waals surface area contributed by atoms with Crippen LogP contribution in [0.3, 0.4) is 0 Å². The minimum absolute atomic E-state index is 0.380. The second-order valence-corrected chi connectivity index (χ2v) is 8.30. The van der Waals surface area contributed by atoms with Crippen molar-refractivity contribution in [1.82, 2.24) is 4.57 Å². The molecule has 2 amide bonds. The van der Waals surface area contributed by atoms with Crippen LogP contribution in [0.5, 0.6) is 0 Å². The Balaban J connectivity index is 1.42. The smallest absolute Gasteiger partial charge is 0.350 e. The third kappa shape index (κ3) is 3.46. The lowest BCUT2D eigenvalue weighted by molar-refractivity contribution is -0.119. The van der Waals surface area contributed by atoms with Crippen molar-refractivity contribution in [2.75, 3.05) is 11.9 Å². The summed E-state index contributed by atoms with van der Waals surface area (Å²) in [6.45, 7) is -0.442. The molecule has 0 aromatic carbocycles. The van der Waals surface area contributed by atoms with Crippen LogP contribution in [0.25, 0.3) is 5.69 Å². The number of amides is 2. The van der Waals surface area contributed by atoms with Gasteiger partial charge in [-0.3, -0.25) is 9.59 Å². The predicted molar refractivity (Wildman–Crippen MR) is 107 cm³/mol. The third-order valence-corrected chi connectivity index (χ3v) is 6.56. The Kier molecular flexibility index (Phi) is 5.01. The molecule has 3 heterocycles. The number of aryl methyl sites for hydroxylation is 1. The van der Waals surface area contributed by atoms with Crippen molar-refractivity contribution in [3.05, 3.63) is 56.9 Å². The molecule has 0 radical (unpaired) electrons. The number of ether oxygens (including phenoxy) is 1. The van der Waals surface area contributed by atoms with Gasteiger partial charge in [0.05, 0.1) is 11.3 Å². The second-order valence-electron chi connectivity index (χ2n) is 6.28. The summed E-state index contributed by atoms with van der Waals surface area (Å²) < 4.78 is 6.98. The molecule has 4 rings (SSSR count). The molecule has 0 fully saturated rings. The molecule has 1 aliphatic rings. The Hall–Kier alpha value is -2.91. The summed E-state index contributed by atoms with van der Waals surface area (Å²) >= 11 is 2.61. The molecule has 0 saturated heterocycles. The number of nitrogens with two attached hydrogens (primary N) is 1. The number of hydrogen-bond acceptors (Lipinski definition) is 6. The van der Waals surface area contributed by atoms with Gasteiger partial charge in [-0.05, 0) is 48.4 Å². The number of aromatic nitrogens is 1. The molecule has 1 aliphatic carbocycles. The zero-order valence-electron chi connectivity index (χ0n) is 14.8. The molecule has 144 valence electrons. The molecule has 3 N–H and O–H groups in total. The normalized spacial score (nSPS) is 12.6. The first-order valence-electron chi connectivity index (χ1n) is 8.66. The van der Waals surface area contributed by atoms with E-state index in [1.807, 2.05) is 30.6 Å². The van der Waals surface area contributed by atoms with Crippen molar-refractivity contribution in [2.45, 2.75) is 19.3 Å². The number of thiophene rings is 2. The van der Waals surface area contributed by atoms with Crippen molar-refractivity contribution in [3.8, 4) is 5.69 Å². The number of anilines is 1. The first kappa shape index (κ1) is 18.5. The molecular formula is C19H17N3O4S2. The number of rotatable bonds is 6. The van der Waals surface area contributed by atoms with Crippen LogP contribution in [0, 0.1) is 0 Å². The van der Waals surface area contributed by atoms with Crippen molar-refractivity contribution in [3.63, 3.8) is 0 Å². The lowest BCUT2D eigenvalue weighted by Gasteiger charge is -2.08. The highest BCUT2D eigenvalue weighted by atomic mass is 32.1. The van der Waals surface area contributed by atoms with Crippen molar-refractivity contribution >= 4 is 45.5 Å². The molecule has 3 aromatic heterocycles. The van der Waals surface area contributed by atoms with E-state index in [9.17, 15) is 14.4 Å². The van der Waals surface area contributed by atoms with Crippen molar-refractivity contribution in [2.24, 2.45) is 5.73 Å². The van der Waals surface area contributed by atoms with Crippen LogP contribution in [-0.2, 0) is 22.4 Å². The van der Waals surface area contributed by atoms with E-state index in [1.165, 1.54) is 22.7 Å². The van der Waals surface area contributed by atoms with Gasteiger partial charge in [-0.25, -0.2) is 4.79 Å². The molecule has 0 bridgehead atoms. The summed E-state index contributed by atoms with van der Waals surface area (Å²) in [5.41, 5.74) is 7.50. The Morgan fingerprint density at radius 1 is 1.21 bits per heavy atom. The molecule has 9 heteroatoms. The van der Waals surface area contributed by atoms with Gasteiger partial charge in [-0.15, -0.1) is 22.7 Å². The average Bonchev–Trinajstić information content (AvgIpc) is 3.41. The van der Waals surface area contributed by atoms with E-state index in [0.29, 0.717) is 21.1 Å². The van der Waals surface area contributed by atoms with Gasteiger partial charge >= 0.3 is 5.97 Å². The number of carbonyl (C=O) groups excluding carboxylic acids is 3. The number of hydrogen-bond donors (Lipinski definition) is 2. The molecular weight excluding hydrogens is 398 g/mol. The van der Waals surface area contributed by atoms with E-state index in [0.717, 1.165) is 29.7 Å². The van der Waals surface area contributed by atoms with Crippen LogP contribution in [0.15, 0.2) is 36.0 Å². The molecule has 7 nitrogen and oxygen atoms in total. The average molecular weight is 415 g/mol. The predicted octanol–water partition coefficient (Wildman–Crippen LogP) is 2.98. The zero-order valence-corrected chi connectivity index (χ0v) is 16.4. The van der Waals surface area contributed by atoms with Crippen LogP contribution < -0.4 is 11.1 Å². The number of carbonyl (C=O) groups is 3. The topological polar surface area (TPSA) is 103 Å². The standard InChI is InChI=1S/C19H17N3O4S2/c20-17(24)15-11-4-3-5-13(11)28-18(15)21-14(23)10-26-19(25)16-12(6-9-27-16)22-7-1-2-8-22/h1-2,6-9H,3-5,10H2,(H2,20,24)(H,21,23).